The predicted octanol–water partition coefficient (Wildman–Crippen LogP) is 3.21. The van der Waals surface area contributed by atoms with E-state index < -0.39 is 10.2 Å². The van der Waals surface area contributed by atoms with Crippen molar-refractivity contribution in [3.05, 3.63) is 27.7 Å². The smallest absolute Gasteiger partial charge is 0.271 e. The first-order chi connectivity index (χ1) is 8.90. The van der Waals surface area contributed by atoms with Gasteiger partial charge >= 0.3 is 10.2 Å². The Balaban J connectivity index is 2.20. The Morgan fingerprint density at radius 1 is 1.11 bits per heavy atom. The Kier molecular flexibility index (Phi) is 4.53. The van der Waals surface area contributed by atoms with E-state index in [1.807, 2.05) is 26.0 Å². The van der Waals surface area contributed by atoms with E-state index in [9.17, 15) is 8.42 Å². The summed E-state index contributed by atoms with van der Waals surface area (Å²) < 4.78 is 29.8. The molecule has 6 heteroatoms. The Bertz CT molecular complexity index is 543. The lowest BCUT2D eigenvalue weighted by Gasteiger charge is -2.26. The first kappa shape index (κ1) is 14.8. The fourth-order valence-corrected chi connectivity index (χ4v) is 3.84. The Morgan fingerprint density at radius 2 is 1.63 bits per heavy atom. The van der Waals surface area contributed by atoms with Crippen molar-refractivity contribution in [2.24, 2.45) is 0 Å². The summed E-state index contributed by atoms with van der Waals surface area (Å²) in [5, 5.41) is 0. The highest BCUT2D eigenvalue weighted by molar-refractivity contribution is 9.10. The van der Waals surface area contributed by atoms with Gasteiger partial charge in [0, 0.05) is 17.6 Å². The number of anilines is 1. The lowest BCUT2D eigenvalue weighted by Crippen LogP contribution is -2.39. The van der Waals surface area contributed by atoms with E-state index in [4.69, 9.17) is 0 Å². The molecule has 0 aromatic heterocycles. The van der Waals surface area contributed by atoms with Gasteiger partial charge in [-0.2, -0.15) is 12.7 Å². The largest absolute Gasteiger partial charge is 0.301 e. The number of piperidine rings is 1. The summed E-state index contributed by atoms with van der Waals surface area (Å²) in [6, 6.07) is 3.69. The molecule has 2 rings (SSSR count). The van der Waals surface area contributed by atoms with Crippen LogP contribution in [0.2, 0.25) is 0 Å². The molecule has 1 aromatic rings. The van der Waals surface area contributed by atoms with Gasteiger partial charge in [-0.1, -0.05) is 22.4 Å². The van der Waals surface area contributed by atoms with Gasteiger partial charge in [-0.3, -0.25) is 4.72 Å². The summed E-state index contributed by atoms with van der Waals surface area (Å²) in [7, 11) is -3.41. The second-order valence-corrected chi connectivity index (χ2v) is 7.45. The number of nitrogens with one attached hydrogen (secondary N) is 1. The SMILES string of the molecule is Cc1cc(NS(=O)(=O)N2CCCCC2)cc(C)c1Br. The van der Waals surface area contributed by atoms with Crippen LogP contribution >= 0.6 is 15.9 Å². The molecule has 0 bridgehead atoms. The average molecular weight is 347 g/mol. The average Bonchev–Trinajstić information content (AvgIpc) is 2.36. The number of benzene rings is 1. The number of hydrogen-bond donors (Lipinski definition) is 1. The summed E-state index contributed by atoms with van der Waals surface area (Å²) in [5.41, 5.74) is 2.68. The van der Waals surface area contributed by atoms with Gasteiger partial charge in [0.05, 0.1) is 5.69 Å². The fourth-order valence-electron chi connectivity index (χ4n) is 2.32. The summed E-state index contributed by atoms with van der Waals surface area (Å²) in [6.45, 7) is 5.14. The third-order valence-corrected chi connectivity index (χ3v) is 6.13. The van der Waals surface area contributed by atoms with Crippen LogP contribution in [-0.4, -0.2) is 25.8 Å². The molecule has 1 aromatic carbocycles. The van der Waals surface area contributed by atoms with Gasteiger partial charge in [0.15, 0.2) is 0 Å². The number of hydrogen-bond acceptors (Lipinski definition) is 2. The molecule has 0 aliphatic carbocycles. The number of aryl methyl sites for hydroxylation is 2. The molecule has 0 spiro atoms. The normalized spacial score (nSPS) is 17.4. The van der Waals surface area contributed by atoms with Crippen LogP contribution in [0.25, 0.3) is 0 Å². The third-order valence-electron chi connectivity index (χ3n) is 3.34. The van der Waals surface area contributed by atoms with Crippen molar-refractivity contribution in [3.63, 3.8) is 0 Å². The van der Waals surface area contributed by atoms with Gasteiger partial charge in [0.1, 0.15) is 0 Å². The van der Waals surface area contributed by atoms with Crippen molar-refractivity contribution in [2.75, 3.05) is 17.8 Å². The van der Waals surface area contributed by atoms with E-state index in [-0.39, 0.29) is 0 Å². The van der Waals surface area contributed by atoms with Crippen molar-refractivity contribution in [3.8, 4) is 0 Å². The molecule has 0 unspecified atom stereocenters. The summed E-state index contributed by atoms with van der Waals surface area (Å²) in [6.07, 6.45) is 3.00. The summed E-state index contributed by atoms with van der Waals surface area (Å²) >= 11 is 3.48. The lowest BCUT2D eigenvalue weighted by atomic mass is 10.1. The van der Waals surface area contributed by atoms with Crippen LogP contribution in [0, 0.1) is 13.8 Å². The summed E-state index contributed by atoms with van der Waals surface area (Å²) in [4.78, 5) is 0. The van der Waals surface area contributed by atoms with Crippen molar-refractivity contribution in [1.82, 2.24) is 4.31 Å². The quantitative estimate of drug-likeness (QED) is 0.913. The molecule has 1 fully saturated rings. The highest BCUT2D eigenvalue weighted by Gasteiger charge is 2.23. The molecule has 1 N–H and O–H groups in total. The maximum absolute atomic E-state index is 12.3. The van der Waals surface area contributed by atoms with Gasteiger partial charge < -0.3 is 0 Å². The Hall–Kier alpha value is -0.590. The molecule has 0 amide bonds. The molecular formula is C13H19BrN2O2S. The molecule has 106 valence electrons. The van der Waals surface area contributed by atoms with Gasteiger partial charge in [0.2, 0.25) is 0 Å². The monoisotopic (exact) mass is 346 g/mol. The summed E-state index contributed by atoms with van der Waals surface area (Å²) in [5.74, 6) is 0. The third kappa shape index (κ3) is 3.49. The minimum atomic E-state index is -3.41. The van der Waals surface area contributed by atoms with Crippen LogP contribution in [0.3, 0.4) is 0 Å². The van der Waals surface area contributed by atoms with Crippen molar-refractivity contribution < 1.29 is 8.42 Å². The maximum atomic E-state index is 12.3. The molecule has 19 heavy (non-hydrogen) atoms. The zero-order valence-electron chi connectivity index (χ0n) is 11.2. The van der Waals surface area contributed by atoms with E-state index in [0.717, 1.165) is 34.9 Å². The van der Waals surface area contributed by atoms with Crippen LogP contribution < -0.4 is 4.72 Å². The van der Waals surface area contributed by atoms with E-state index in [1.54, 1.807) is 0 Å². The topological polar surface area (TPSA) is 49.4 Å². The first-order valence-corrected chi connectivity index (χ1v) is 8.68. The predicted molar refractivity (Wildman–Crippen MR) is 81.6 cm³/mol. The lowest BCUT2D eigenvalue weighted by molar-refractivity contribution is 0.349. The van der Waals surface area contributed by atoms with E-state index >= 15 is 0 Å². The number of halogens is 1. The molecule has 0 radical (unpaired) electrons. The molecule has 1 aliphatic rings. The van der Waals surface area contributed by atoms with E-state index in [1.165, 1.54) is 4.31 Å². The molecule has 1 heterocycles. The Labute approximate surface area is 123 Å². The fraction of sp³-hybridized carbons (Fsp3) is 0.538. The van der Waals surface area contributed by atoms with Gasteiger partial charge in [-0.05, 0) is 49.9 Å². The highest BCUT2D eigenvalue weighted by Crippen LogP contribution is 2.26. The second-order valence-electron chi connectivity index (χ2n) is 4.99. The number of nitrogens with zero attached hydrogens (tertiary/aromatic N) is 1. The second kappa shape index (κ2) is 5.81. The van der Waals surface area contributed by atoms with Crippen molar-refractivity contribution in [2.45, 2.75) is 33.1 Å². The van der Waals surface area contributed by atoms with Crippen LogP contribution in [0.15, 0.2) is 16.6 Å². The number of rotatable bonds is 3. The van der Waals surface area contributed by atoms with Gasteiger partial charge in [0.25, 0.3) is 0 Å². The van der Waals surface area contributed by atoms with Crippen LogP contribution in [0.5, 0.6) is 0 Å². The molecule has 0 saturated carbocycles. The van der Waals surface area contributed by atoms with Crippen LogP contribution in [-0.2, 0) is 10.2 Å². The van der Waals surface area contributed by atoms with Gasteiger partial charge in [-0.15, -0.1) is 0 Å². The standard InChI is InChI=1S/C13H19BrN2O2S/c1-10-8-12(9-11(2)13(10)14)15-19(17,18)16-6-4-3-5-7-16/h8-9,15H,3-7H2,1-2H3. The van der Waals surface area contributed by atoms with E-state index in [0.29, 0.717) is 18.8 Å². The molecule has 0 atom stereocenters. The molecule has 1 saturated heterocycles. The van der Waals surface area contributed by atoms with E-state index in [2.05, 4.69) is 20.7 Å². The van der Waals surface area contributed by atoms with Crippen LogP contribution in [0.4, 0.5) is 5.69 Å². The molecule has 1 aliphatic heterocycles. The Morgan fingerprint density at radius 3 is 2.16 bits per heavy atom. The maximum Gasteiger partial charge on any atom is 0.301 e. The highest BCUT2D eigenvalue weighted by atomic mass is 79.9. The molecule has 4 nitrogen and oxygen atoms in total. The molecular weight excluding hydrogens is 328 g/mol. The minimum Gasteiger partial charge on any atom is -0.271 e. The zero-order chi connectivity index (χ0) is 14.0. The van der Waals surface area contributed by atoms with Crippen molar-refractivity contribution >= 4 is 31.8 Å². The zero-order valence-corrected chi connectivity index (χ0v) is 13.6. The first-order valence-electron chi connectivity index (χ1n) is 6.45. The van der Waals surface area contributed by atoms with Gasteiger partial charge in [-0.25, -0.2) is 0 Å². The minimum absolute atomic E-state index is 0.615. The van der Waals surface area contributed by atoms with Crippen LogP contribution in [0.1, 0.15) is 30.4 Å². The van der Waals surface area contributed by atoms with Crippen molar-refractivity contribution in [1.29, 1.82) is 0 Å².